The molecule has 3 aliphatic rings. The Balaban J connectivity index is 1.07. The molecule has 0 spiro atoms. The molecular weight excluding hydrogens is 617 g/mol. The van der Waals surface area contributed by atoms with E-state index in [2.05, 4.69) is 193 Å². The number of benzene rings is 6. The van der Waals surface area contributed by atoms with Gasteiger partial charge in [-0.2, -0.15) is 0 Å². The normalized spacial score (nSPS) is 18.4. The summed E-state index contributed by atoms with van der Waals surface area (Å²) >= 11 is 0. The number of allylic oxidation sites excluding steroid dienone is 8. The molecule has 0 bridgehead atoms. The Labute approximate surface area is 297 Å². The fraction of sp³-hybridized carbons (Fsp3) is 0.102. The van der Waals surface area contributed by atoms with Gasteiger partial charge in [0.05, 0.1) is 22.1 Å². The van der Waals surface area contributed by atoms with Crippen molar-refractivity contribution in [3.8, 4) is 27.9 Å². The molecule has 0 aliphatic heterocycles. The molecule has 0 saturated heterocycles. The van der Waals surface area contributed by atoms with Gasteiger partial charge in [-0.15, -0.1) is 0 Å². The standard InChI is InChI=1S/C49H36N2/c1-49(2)42-18-8-5-15-36(42)37-25-24-34(30-43(37)49)50-45-19-9-6-16-38(45)40-28-32(22-26-47(40)50)33-23-27-48-41(29-33)39-17-7-10-20-46(39)51(48)44-21-11-13-31-12-3-4-14-35(31)44/h3-31,35H,1-2H3. The van der Waals surface area contributed by atoms with Crippen LogP contribution in [-0.4, -0.2) is 9.13 Å². The van der Waals surface area contributed by atoms with E-state index < -0.39 is 0 Å². The Bertz CT molecular complexity index is 2900. The summed E-state index contributed by atoms with van der Waals surface area (Å²) in [5.41, 5.74) is 15.4. The molecule has 6 aromatic carbocycles. The van der Waals surface area contributed by atoms with E-state index in [1.165, 1.54) is 88.4 Å². The Morgan fingerprint density at radius 1 is 0.471 bits per heavy atom. The average molecular weight is 653 g/mol. The summed E-state index contributed by atoms with van der Waals surface area (Å²) in [4.78, 5) is 0. The number of hydrogen-bond donors (Lipinski definition) is 0. The van der Waals surface area contributed by atoms with E-state index in [0.29, 0.717) is 11.8 Å². The molecule has 0 fully saturated rings. The van der Waals surface area contributed by atoms with Crippen LogP contribution in [0.1, 0.15) is 25.0 Å². The van der Waals surface area contributed by atoms with Gasteiger partial charge in [-0.1, -0.05) is 129 Å². The number of para-hydroxylation sites is 2. The van der Waals surface area contributed by atoms with Crippen molar-refractivity contribution in [2.75, 3.05) is 0 Å². The van der Waals surface area contributed by atoms with E-state index >= 15 is 0 Å². The zero-order valence-corrected chi connectivity index (χ0v) is 28.7. The molecule has 242 valence electrons. The highest BCUT2D eigenvalue weighted by atomic mass is 15.0. The first kappa shape index (κ1) is 28.7. The topological polar surface area (TPSA) is 9.86 Å². The Morgan fingerprint density at radius 3 is 1.82 bits per heavy atom. The van der Waals surface area contributed by atoms with Crippen LogP contribution in [0.4, 0.5) is 0 Å². The number of fused-ring (bicyclic) bond motifs is 10. The lowest BCUT2D eigenvalue weighted by atomic mass is 9.82. The molecule has 2 nitrogen and oxygen atoms in total. The Morgan fingerprint density at radius 2 is 1.06 bits per heavy atom. The second kappa shape index (κ2) is 10.4. The highest BCUT2D eigenvalue weighted by Crippen LogP contribution is 2.49. The smallest absolute Gasteiger partial charge is 0.0541 e. The van der Waals surface area contributed by atoms with Crippen LogP contribution in [-0.2, 0) is 5.41 Å². The third-order valence-electron chi connectivity index (χ3n) is 11.9. The zero-order valence-electron chi connectivity index (χ0n) is 28.7. The monoisotopic (exact) mass is 652 g/mol. The van der Waals surface area contributed by atoms with Gasteiger partial charge in [0.25, 0.3) is 0 Å². The van der Waals surface area contributed by atoms with Crippen LogP contribution >= 0.6 is 0 Å². The van der Waals surface area contributed by atoms with Gasteiger partial charge in [-0.25, -0.2) is 0 Å². The van der Waals surface area contributed by atoms with Crippen LogP contribution < -0.4 is 0 Å². The van der Waals surface area contributed by atoms with Gasteiger partial charge >= 0.3 is 0 Å². The lowest BCUT2D eigenvalue weighted by Gasteiger charge is -2.28. The van der Waals surface area contributed by atoms with E-state index in [0.717, 1.165) is 0 Å². The largest absolute Gasteiger partial charge is 0.312 e. The highest BCUT2D eigenvalue weighted by Gasteiger charge is 2.35. The number of nitrogens with zero attached hydrogens (tertiary/aromatic N) is 2. The molecule has 2 unspecified atom stereocenters. The molecule has 0 amide bonds. The van der Waals surface area contributed by atoms with Gasteiger partial charge in [0, 0.05) is 50.2 Å². The van der Waals surface area contributed by atoms with Gasteiger partial charge in [0.15, 0.2) is 0 Å². The van der Waals surface area contributed by atoms with Crippen LogP contribution in [0.25, 0.3) is 77.2 Å². The van der Waals surface area contributed by atoms with Crippen LogP contribution in [0.3, 0.4) is 0 Å². The van der Waals surface area contributed by atoms with Gasteiger partial charge in [-0.3, -0.25) is 0 Å². The molecule has 2 aromatic heterocycles. The van der Waals surface area contributed by atoms with Crippen molar-refractivity contribution < 1.29 is 0 Å². The van der Waals surface area contributed by atoms with E-state index in [9.17, 15) is 0 Å². The van der Waals surface area contributed by atoms with Crippen LogP contribution in [0.5, 0.6) is 0 Å². The molecule has 0 N–H and O–H groups in total. The summed E-state index contributed by atoms with van der Waals surface area (Å²) in [6.07, 6.45) is 15.9. The van der Waals surface area contributed by atoms with E-state index in [1.54, 1.807) is 0 Å². The second-order valence-electron chi connectivity index (χ2n) is 14.9. The molecule has 11 rings (SSSR count). The summed E-state index contributed by atoms with van der Waals surface area (Å²) in [5.74, 6) is 0.712. The lowest BCUT2D eigenvalue weighted by Crippen LogP contribution is -2.18. The SMILES string of the molecule is CC1(C)c2ccccc2-c2ccc(-n3c4ccccc4c4cc(-c5ccc6c(c5)c5ccccc5n6C5=CC=CC6C=CC=CC56)ccc43)cc21. The molecule has 2 heterocycles. The summed E-state index contributed by atoms with van der Waals surface area (Å²) in [6, 6.07) is 47.8. The minimum Gasteiger partial charge on any atom is -0.312 e. The number of aromatic nitrogens is 2. The van der Waals surface area contributed by atoms with Crippen LogP contribution in [0, 0.1) is 11.8 Å². The molecule has 51 heavy (non-hydrogen) atoms. The van der Waals surface area contributed by atoms with Gasteiger partial charge in [0.1, 0.15) is 0 Å². The van der Waals surface area contributed by atoms with E-state index in [4.69, 9.17) is 0 Å². The van der Waals surface area contributed by atoms with Gasteiger partial charge < -0.3 is 9.13 Å². The van der Waals surface area contributed by atoms with E-state index in [-0.39, 0.29) is 5.41 Å². The van der Waals surface area contributed by atoms with Crippen molar-refractivity contribution >= 4 is 49.3 Å². The van der Waals surface area contributed by atoms with Crippen molar-refractivity contribution in [2.24, 2.45) is 11.8 Å². The summed E-state index contributed by atoms with van der Waals surface area (Å²) < 4.78 is 4.95. The summed E-state index contributed by atoms with van der Waals surface area (Å²) in [7, 11) is 0. The number of rotatable bonds is 3. The maximum atomic E-state index is 2.49. The van der Waals surface area contributed by atoms with Gasteiger partial charge in [0.2, 0.25) is 0 Å². The summed E-state index contributed by atoms with van der Waals surface area (Å²) in [5, 5.41) is 5.12. The van der Waals surface area contributed by atoms with Crippen molar-refractivity contribution in [1.82, 2.24) is 9.13 Å². The first-order valence-electron chi connectivity index (χ1n) is 18.1. The minimum absolute atomic E-state index is 0.0499. The van der Waals surface area contributed by atoms with Crippen LogP contribution in [0.2, 0.25) is 0 Å². The lowest BCUT2D eigenvalue weighted by molar-refractivity contribution is 0.655. The molecule has 8 aromatic rings. The highest BCUT2D eigenvalue weighted by molar-refractivity contribution is 6.13. The van der Waals surface area contributed by atoms with Crippen molar-refractivity contribution in [3.05, 3.63) is 181 Å². The first-order chi connectivity index (χ1) is 25.1. The zero-order chi connectivity index (χ0) is 33.8. The first-order valence-corrected chi connectivity index (χ1v) is 18.1. The molecule has 2 heteroatoms. The third kappa shape index (κ3) is 3.99. The Hall–Kier alpha value is -6.12. The quantitative estimate of drug-likeness (QED) is 0.180. The fourth-order valence-corrected chi connectivity index (χ4v) is 9.41. The fourth-order valence-electron chi connectivity index (χ4n) is 9.41. The molecule has 0 saturated carbocycles. The maximum absolute atomic E-state index is 2.49. The van der Waals surface area contributed by atoms with Crippen LogP contribution in [0.15, 0.2) is 170 Å². The maximum Gasteiger partial charge on any atom is 0.0541 e. The minimum atomic E-state index is -0.0499. The van der Waals surface area contributed by atoms with Crippen molar-refractivity contribution in [1.29, 1.82) is 0 Å². The van der Waals surface area contributed by atoms with Crippen molar-refractivity contribution in [3.63, 3.8) is 0 Å². The average Bonchev–Trinajstić information content (AvgIpc) is 3.77. The summed E-state index contributed by atoms with van der Waals surface area (Å²) in [6.45, 7) is 4.72. The molecular formula is C49H36N2. The second-order valence-corrected chi connectivity index (χ2v) is 14.9. The molecule has 0 radical (unpaired) electrons. The Kier molecular flexibility index (Phi) is 5.88. The molecule has 2 atom stereocenters. The van der Waals surface area contributed by atoms with E-state index in [1.807, 2.05) is 0 Å². The number of hydrogen-bond acceptors (Lipinski definition) is 0. The van der Waals surface area contributed by atoms with Crippen molar-refractivity contribution in [2.45, 2.75) is 19.3 Å². The van der Waals surface area contributed by atoms with Gasteiger partial charge in [-0.05, 0) is 88.0 Å². The predicted octanol–water partition coefficient (Wildman–Crippen LogP) is 12.6. The third-order valence-corrected chi connectivity index (χ3v) is 11.9. The molecule has 3 aliphatic carbocycles. The predicted molar refractivity (Wildman–Crippen MR) is 215 cm³/mol.